The van der Waals surface area contributed by atoms with Gasteiger partial charge in [0.2, 0.25) is 0 Å². The zero-order valence-electron chi connectivity index (χ0n) is 8.46. The Hall–Kier alpha value is -0.980. The van der Waals surface area contributed by atoms with Gasteiger partial charge in [0, 0.05) is 0 Å². The van der Waals surface area contributed by atoms with Gasteiger partial charge in [0.25, 0.3) is 0 Å². The smallest absolute Gasteiger partial charge is 0.00624 e. The largest absolute Gasteiger partial charge is 0.405 e. The van der Waals surface area contributed by atoms with Gasteiger partial charge in [0.1, 0.15) is 0 Å². The van der Waals surface area contributed by atoms with E-state index in [9.17, 15) is 0 Å². The summed E-state index contributed by atoms with van der Waals surface area (Å²) in [6, 6.07) is 0. The van der Waals surface area contributed by atoms with Crippen LogP contribution >= 0.6 is 0 Å². The second kappa shape index (κ2) is 4.81. The Morgan fingerprint density at radius 2 is 1.75 bits per heavy atom. The molecule has 0 aromatic rings. The second-order valence-electron chi connectivity index (χ2n) is 3.74. The second-order valence-corrected chi connectivity index (χ2v) is 3.74. The van der Waals surface area contributed by atoms with Crippen molar-refractivity contribution in [1.82, 2.24) is 0 Å². The van der Waals surface area contributed by atoms with Gasteiger partial charge in [0.05, 0.1) is 0 Å². The normalized spacial score (nSPS) is 14.8. The lowest BCUT2D eigenvalue weighted by molar-refractivity contribution is 0.516. The Morgan fingerprint density at radius 3 is 2.08 bits per heavy atom. The van der Waals surface area contributed by atoms with Crippen LogP contribution in [-0.4, -0.2) is 0 Å². The van der Waals surface area contributed by atoms with E-state index < -0.39 is 0 Å². The molecule has 0 amide bonds. The van der Waals surface area contributed by atoms with Crippen molar-refractivity contribution in [1.29, 1.82) is 0 Å². The summed E-state index contributed by atoms with van der Waals surface area (Å²) in [6.07, 6.45) is 9.53. The molecule has 0 unspecified atom stereocenters. The van der Waals surface area contributed by atoms with Crippen molar-refractivity contribution in [2.45, 2.75) is 27.7 Å². The molecule has 1 nitrogen and oxygen atoms in total. The quantitative estimate of drug-likeness (QED) is 0.625. The molecule has 12 heavy (non-hydrogen) atoms. The molecule has 2 N–H and O–H groups in total. The van der Waals surface area contributed by atoms with Gasteiger partial charge in [-0.05, 0) is 30.2 Å². The molecule has 0 aromatic carbocycles. The van der Waals surface area contributed by atoms with E-state index in [2.05, 4.69) is 39.8 Å². The van der Waals surface area contributed by atoms with Gasteiger partial charge in [0.15, 0.2) is 0 Å². The first-order valence-electron chi connectivity index (χ1n) is 4.24. The number of nitrogens with two attached hydrogens (primary N) is 1. The molecular formula is C11H19N. The van der Waals surface area contributed by atoms with Crippen molar-refractivity contribution in [3.05, 3.63) is 36.1 Å². The van der Waals surface area contributed by atoms with Crippen LogP contribution in [0.4, 0.5) is 0 Å². The van der Waals surface area contributed by atoms with Gasteiger partial charge in [-0.15, -0.1) is 0 Å². The lowest BCUT2D eigenvalue weighted by Gasteiger charge is -2.19. The first-order valence-corrected chi connectivity index (χ1v) is 4.24. The minimum Gasteiger partial charge on any atom is -0.405 e. The molecule has 0 fully saturated rings. The van der Waals surface area contributed by atoms with Gasteiger partial charge in [-0.1, -0.05) is 39.0 Å². The van der Waals surface area contributed by atoms with Crippen LogP contribution < -0.4 is 5.73 Å². The van der Waals surface area contributed by atoms with E-state index in [1.54, 1.807) is 0 Å². The number of hydrogen-bond acceptors (Lipinski definition) is 1. The topological polar surface area (TPSA) is 26.0 Å². The number of allylic oxidation sites excluding steroid dienone is 5. The van der Waals surface area contributed by atoms with Crippen molar-refractivity contribution >= 4 is 0 Å². The van der Waals surface area contributed by atoms with E-state index in [0.717, 1.165) is 0 Å². The zero-order valence-corrected chi connectivity index (χ0v) is 8.46. The highest BCUT2D eigenvalue weighted by atomic mass is 14.5. The average molecular weight is 165 g/mol. The zero-order chi connectivity index (χ0) is 9.61. The minimum atomic E-state index is 0.216. The SMILES string of the molecule is C\C=C(/C=C\C=C/N)C(C)(C)C. The third kappa shape index (κ3) is 4.02. The molecule has 0 saturated heterocycles. The maximum absolute atomic E-state index is 5.21. The maximum Gasteiger partial charge on any atom is -0.00624 e. The highest BCUT2D eigenvalue weighted by Crippen LogP contribution is 2.25. The third-order valence-electron chi connectivity index (χ3n) is 1.68. The van der Waals surface area contributed by atoms with Crippen molar-refractivity contribution in [3.8, 4) is 0 Å². The molecule has 0 heterocycles. The highest BCUT2D eigenvalue weighted by molar-refractivity contribution is 5.26. The standard InChI is InChI=1S/C11H19N/c1-5-10(11(2,3)4)8-6-7-9-12/h5-9H,12H2,1-4H3/b8-6-,9-7-,10-5+. The molecule has 0 radical (unpaired) electrons. The van der Waals surface area contributed by atoms with Crippen LogP contribution in [0.1, 0.15) is 27.7 Å². The summed E-state index contributed by atoms with van der Waals surface area (Å²) >= 11 is 0. The Morgan fingerprint density at radius 1 is 1.17 bits per heavy atom. The van der Waals surface area contributed by atoms with Crippen molar-refractivity contribution in [2.75, 3.05) is 0 Å². The van der Waals surface area contributed by atoms with Crippen LogP contribution in [0.3, 0.4) is 0 Å². The summed E-state index contributed by atoms with van der Waals surface area (Å²) < 4.78 is 0. The summed E-state index contributed by atoms with van der Waals surface area (Å²) in [5.74, 6) is 0. The van der Waals surface area contributed by atoms with Gasteiger partial charge in [-0.3, -0.25) is 0 Å². The van der Waals surface area contributed by atoms with Crippen LogP contribution in [0, 0.1) is 5.41 Å². The van der Waals surface area contributed by atoms with Gasteiger partial charge in [-0.25, -0.2) is 0 Å². The van der Waals surface area contributed by atoms with Crippen LogP contribution in [0.2, 0.25) is 0 Å². The molecule has 0 saturated carbocycles. The van der Waals surface area contributed by atoms with E-state index in [1.807, 2.05) is 12.2 Å². The molecule has 0 aliphatic heterocycles. The molecule has 0 aliphatic carbocycles. The molecular weight excluding hydrogens is 146 g/mol. The minimum absolute atomic E-state index is 0.216. The summed E-state index contributed by atoms with van der Waals surface area (Å²) in [6.45, 7) is 8.63. The monoisotopic (exact) mass is 165 g/mol. The summed E-state index contributed by atoms with van der Waals surface area (Å²) in [5.41, 5.74) is 6.75. The van der Waals surface area contributed by atoms with E-state index in [4.69, 9.17) is 5.73 Å². The molecule has 0 atom stereocenters. The molecule has 0 bridgehead atoms. The van der Waals surface area contributed by atoms with Gasteiger partial charge >= 0.3 is 0 Å². The first kappa shape index (κ1) is 11.0. The lowest BCUT2D eigenvalue weighted by atomic mass is 9.86. The third-order valence-corrected chi connectivity index (χ3v) is 1.68. The highest BCUT2D eigenvalue weighted by Gasteiger charge is 2.12. The average Bonchev–Trinajstić information content (AvgIpc) is 1.95. The van der Waals surface area contributed by atoms with Gasteiger partial charge in [-0.2, -0.15) is 0 Å². The summed E-state index contributed by atoms with van der Waals surface area (Å²) in [4.78, 5) is 0. The molecule has 0 rings (SSSR count). The fourth-order valence-corrected chi connectivity index (χ4v) is 1.00. The summed E-state index contributed by atoms with van der Waals surface area (Å²) in [5, 5.41) is 0. The Kier molecular flexibility index (Phi) is 4.42. The fraction of sp³-hybridized carbons (Fsp3) is 0.455. The Balaban J connectivity index is 4.41. The summed E-state index contributed by atoms with van der Waals surface area (Å²) in [7, 11) is 0. The Labute approximate surface area is 75.7 Å². The lowest BCUT2D eigenvalue weighted by Crippen LogP contribution is -2.06. The predicted octanol–water partition coefficient (Wildman–Crippen LogP) is 3.01. The number of hydrogen-bond donors (Lipinski definition) is 1. The van der Waals surface area contributed by atoms with Crippen LogP contribution in [0.15, 0.2) is 36.1 Å². The van der Waals surface area contributed by atoms with Gasteiger partial charge < -0.3 is 5.73 Å². The predicted molar refractivity (Wildman–Crippen MR) is 55.7 cm³/mol. The molecule has 1 heteroatoms. The van der Waals surface area contributed by atoms with Crippen molar-refractivity contribution in [2.24, 2.45) is 11.1 Å². The maximum atomic E-state index is 5.21. The number of rotatable bonds is 2. The van der Waals surface area contributed by atoms with E-state index in [-0.39, 0.29) is 5.41 Å². The molecule has 0 spiro atoms. The van der Waals surface area contributed by atoms with E-state index in [1.165, 1.54) is 11.8 Å². The van der Waals surface area contributed by atoms with Crippen LogP contribution in [0.5, 0.6) is 0 Å². The molecule has 0 aliphatic rings. The first-order chi connectivity index (χ1) is 5.52. The fourth-order valence-electron chi connectivity index (χ4n) is 1.00. The van der Waals surface area contributed by atoms with Crippen LogP contribution in [0.25, 0.3) is 0 Å². The molecule has 0 aromatic heterocycles. The van der Waals surface area contributed by atoms with E-state index >= 15 is 0 Å². The van der Waals surface area contributed by atoms with Crippen molar-refractivity contribution < 1.29 is 0 Å². The molecule has 68 valence electrons. The van der Waals surface area contributed by atoms with Crippen molar-refractivity contribution in [3.63, 3.8) is 0 Å². The van der Waals surface area contributed by atoms with E-state index in [0.29, 0.717) is 0 Å². The Bertz CT molecular complexity index is 202. The van der Waals surface area contributed by atoms with Crippen LogP contribution in [-0.2, 0) is 0 Å².